The first-order chi connectivity index (χ1) is 13.5. The quantitative estimate of drug-likeness (QED) is 0.349. The van der Waals surface area contributed by atoms with Gasteiger partial charge in [-0.1, -0.05) is 26.2 Å². The van der Waals surface area contributed by atoms with E-state index >= 15 is 0 Å². The van der Waals surface area contributed by atoms with Gasteiger partial charge in [-0.25, -0.2) is 9.59 Å². The van der Waals surface area contributed by atoms with Gasteiger partial charge in [0, 0.05) is 24.6 Å². The van der Waals surface area contributed by atoms with Crippen LogP contribution >= 0.6 is 23.5 Å². The van der Waals surface area contributed by atoms with Crippen LogP contribution in [0.5, 0.6) is 0 Å². The van der Waals surface area contributed by atoms with Crippen LogP contribution in [0, 0.1) is 5.92 Å². The highest BCUT2D eigenvalue weighted by molar-refractivity contribution is 7.99. The van der Waals surface area contributed by atoms with E-state index in [2.05, 4.69) is 20.6 Å². The Labute approximate surface area is 174 Å². The Hall–Kier alpha value is -1.45. The number of rotatable bonds is 9. The van der Waals surface area contributed by atoms with Crippen LogP contribution in [0.1, 0.15) is 57.1 Å². The monoisotopic (exact) mass is 427 g/mol. The van der Waals surface area contributed by atoms with Crippen molar-refractivity contribution in [1.29, 1.82) is 0 Å². The number of aliphatic carboxylic acids is 2. The third kappa shape index (κ3) is 7.52. The normalized spacial score (nSPS) is 23.4. The van der Waals surface area contributed by atoms with Crippen molar-refractivity contribution in [3.05, 3.63) is 17.8 Å². The summed E-state index contributed by atoms with van der Waals surface area (Å²) < 4.78 is 9.22. The minimum Gasteiger partial charge on any atom is -0.478 e. The number of hydrogen-bond donors (Lipinski definition) is 2. The summed E-state index contributed by atoms with van der Waals surface area (Å²) in [6, 6.07) is 0. The van der Waals surface area contributed by atoms with E-state index in [4.69, 9.17) is 10.2 Å². The van der Waals surface area contributed by atoms with Crippen LogP contribution in [0.25, 0.3) is 0 Å². The van der Waals surface area contributed by atoms with Crippen LogP contribution in [0.3, 0.4) is 0 Å². The molecule has 2 N–H and O–H groups in total. The lowest BCUT2D eigenvalue weighted by Gasteiger charge is -2.44. The molecule has 1 atom stereocenters. The van der Waals surface area contributed by atoms with Gasteiger partial charge in [-0.3, -0.25) is 0 Å². The van der Waals surface area contributed by atoms with Crippen LogP contribution < -0.4 is 0 Å². The van der Waals surface area contributed by atoms with Gasteiger partial charge in [0.2, 0.25) is 0 Å². The van der Waals surface area contributed by atoms with E-state index < -0.39 is 11.9 Å². The molecule has 7 nitrogen and oxygen atoms in total. The zero-order valence-electron chi connectivity index (χ0n) is 16.2. The largest absolute Gasteiger partial charge is 0.478 e. The topological polar surface area (TPSA) is 104 Å². The van der Waals surface area contributed by atoms with Crippen molar-refractivity contribution in [3.8, 4) is 0 Å². The van der Waals surface area contributed by atoms with Crippen LogP contribution in [0.15, 0.2) is 17.2 Å². The summed E-state index contributed by atoms with van der Waals surface area (Å²) in [5, 5.41) is 16.9. The maximum absolute atomic E-state index is 9.55. The number of carbonyl (C=O) groups is 2. The Balaban J connectivity index is 0.000000300. The maximum atomic E-state index is 9.55. The molecule has 2 bridgehead atoms. The lowest BCUT2D eigenvalue weighted by molar-refractivity contribution is -0.134. The Bertz CT molecular complexity index is 641. The lowest BCUT2D eigenvalue weighted by atomic mass is 9.78. The standard InChI is InChI=1S/C15H25N3S2.C4H4O4/c1-2-3-4-5-10-19-15-14(16-20-17-15)13-11-18-8-6-12(13)7-9-18;5-3(6)1-2-4(7)8/h12-13H,2-11H2,1H3;1-2H,(H,5,6)(H,7,8). The number of thioether (sulfide) groups is 1. The van der Waals surface area contributed by atoms with Crippen molar-refractivity contribution >= 4 is 35.4 Å². The minimum atomic E-state index is -1.26. The van der Waals surface area contributed by atoms with Gasteiger partial charge in [-0.2, -0.15) is 8.75 Å². The average molecular weight is 428 g/mol. The zero-order valence-corrected chi connectivity index (χ0v) is 17.9. The summed E-state index contributed by atoms with van der Waals surface area (Å²) in [5.74, 6) is 0.219. The van der Waals surface area contributed by atoms with Gasteiger partial charge in [0.25, 0.3) is 0 Å². The summed E-state index contributed by atoms with van der Waals surface area (Å²) in [6.45, 7) is 6.10. The predicted molar refractivity (Wildman–Crippen MR) is 111 cm³/mol. The molecule has 0 saturated carbocycles. The van der Waals surface area contributed by atoms with E-state index in [1.807, 2.05) is 11.8 Å². The molecule has 0 aromatic carbocycles. The van der Waals surface area contributed by atoms with Crippen LogP contribution in [0.4, 0.5) is 0 Å². The number of fused-ring (bicyclic) bond motifs is 3. The number of carboxylic acid groups (broad SMARTS) is 2. The van der Waals surface area contributed by atoms with Crippen molar-refractivity contribution in [1.82, 2.24) is 13.6 Å². The fourth-order valence-corrected chi connectivity index (χ4v) is 5.40. The second kappa shape index (κ2) is 12.2. The van der Waals surface area contributed by atoms with E-state index in [1.165, 1.54) is 86.4 Å². The number of unbranched alkanes of at least 4 members (excludes halogenated alkanes) is 3. The number of aromatic nitrogens is 2. The highest BCUT2D eigenvalue weighted by atomic mass is 32.2. The molecule has 0 radical (unpaired) electrons. The van der Waals surface area contributed by atoms with Gasteiger partial charge in [-0.05, 0) is 44.0 Å². The number of carboxylic acids is 2. The molecule has 0 aliphatic carbocycles. The molecule has 4 heterocycles. The molecule has 3 aliphatic heterocycles. The van der Waals surface area contributed by atoms with Gasteiger partial charge in [0.1, 0.15) is 5.03 Å². The van der Waals surface area contributed by atoms with Crippen LogP contribution in [-0.4, -0.2) is 61.2 Å². The fourth-order valence-electron chi connectivity index (χ4n) is 3.63. The molecule has 0 spiro atoms. The summed E-state index contributed by atoms with van der Waals surface area (Å²) >= 11 is 3.36. The third-order valence-corrected chi connectivity index (χ3v) is 6.82. The van der Waals surface area contributed by atoms with E-state index in [0.717, 1.165) is 5.92 Å². The number of hydrogen-bond acceptors (Lipinski definition) is 7. The second-order valence-electron chi connectivity index (χ2n) is 7.12. The highest BCUT2D eigenvalue weighted by Crippen LogP contribution is 2.41. The van der Waals surface area contributed by atoms with Gasteiger partial charge in [-0.15, -0.1) is 11.8 Å². The predicted octanol–water partition coefficient (Wildman–Crippen LogP) is 3.73. The Kier molecular flexibility index (Phi) is 9.94. The molecule has 1 aromatic rings. The first-order valence-electron chi connectivity index (χ1n) is 9.82. The van der Waals surface area contributed by atoms with Crippen molar-refractivity contribution in [3.63, 3.8) is 0 Å². The first kappa shape index (κ1) is 22.8. The lowest BCUT2D eigenvalue weighted by Crippen LogP contribution is -2.46. The molecular formula is C19H29N3O4S2. The number of nitrogens with zero attached hydrogens (tertiary/aromatic N) is 3. The van der Waals surface area contributed by atoms with E-state index in [-0.39, 0.29) is 0 Å². The molecule has 0 amide bonds. The molecule has 156 valence electrons. The maximum Gasteiger partial charge on any atom is 0.328 e. The van der Waals surface area contributed by atoms with Crippen molar-refractivity contribution in [2.75, 3.05) is 25.4 Å². The van der Waals surface area contributed by atoms with Crippen LogP contribution in [0.2, 0.25) is 0 Å². The summed E-state index contributed by atoms with van der Waals surface area (Å²) in [4.78, 5) is 21.7. The Morgan fingerprint density at radius 2 is 1.82 bits per heavy atom. The van der Waals surface area contributed by atoms with Crippen molar-refractivity contribution < 1.29 is 19.8 Å². The van der Waals surface area contributed by atoms with Crippen molar-refractivity contribution in [2.24, 2.45) is 5.92 Å². The molecule has 9 heteroatoms. The minimum absolute atomic E-state index is 0.558. The fraction of sp³-hybridized carbons (Fsp3) is 0.684. The molecule has 3 fully saturated rings. The molecule has 4 rings (SSSR count). The van der Waals surface area contributed by atoms with Gasteiger partial charge >= 0.3 is 11.9 Å². The summed E-state index contributed by atoms with van der Waals surface area (Å²) in [6.07, 6.45) is 9.19. The van der Waals surface area contributed by atoms with Crippen LogP contribution in [-0.2, 0) is 9.59 Å². The van der Waals surface area contributed by atoms with Gasteiger partial charge in [0.05, 0.1) is 17.4 Å². The molecule has 1 unspecified atom stereocenters. The van der Waals surface area contributed by atoms with Gasteiger partial charge in [0.15, 0.2) is 0 Å². The summed E-state index contributed by atoms with van der Waals surface area (Å²) in [7, 11) is 0. The first-order valence-corrected chi connectivity index (χ1v) is 11.5. The van der Waals surface area contributed by atoms with E-state index in [0.29, 0.717) is 18.1 Å². The molecular weight excluding hydrogens is 398 g/mol. The Morgan fingerprint density at radius 1 is 1.14 bits per heavy atom. The Morgan fingerprint density at radius 3 is 2.36 bits per heavy atom. The second-order valence-corrected chi connectivity index (χ2v) is 8.73. The summed E-state index contributed by atoms with van der Waals surface area (Å²) in [5.41, 5.74) is 1.32. The molecule has 3 saturated heterocycles. The third-order valence-electron chi connectivity index (χ3n) is 5.09. The van der Waals surface area contributed by atoms with E-state index in [9.17, 15) is 9.59 Å². The highest BCUT2D eigenvalue weighted by Gasteiger charge is 2.37. The van der Waals surface area contributed by atoms with E-state index in [1.54, 1.807) is 0 Å². The molecule has 28 heavy (non-hydrogen) atoms. The zero-order chi connectivity index (χ0) is 20.4. The molecule has 3 aliphatic rings. The molecule has 1 aromatic heterocycles. The van der Waals surface area contributed by atoms with Gasteiger partial charge < -0.3 is 15.1 Å². The SMILES string of the molecule is CCCCCCSc1nsnc1C1CN2CCC1CC2.O=C(O)C=CC(=O)O. The van der Waals surface area contributed by atoms with Crippen molar-refractivity contribution in [2.45, 2.75) is 56.4 Å². The number of piperidine rings is 3. The smallest absolute Gasteiger partial charge is 0.328 e. The average Bonchev–Trinajstić information content (AvgIpc) is 3.16.